The molecule has 7 heteroatoms. The summed E-state index contributed by atoms with van der Waals surface area (Å²) in [6.45, 7) is 4.32. The molecule has 2 amide bonds. The number of rotatable bonds is 4. The van der Waals surface area contributed by atoms with Crippen LogP contribution in [0.5, 0.6) is 5.75 Å². The molecule has 2 aliphatic rings. The zero-order chi connectivity index (χ0) is 19.3. The van der Waals surface area contributed by atoms with Crippen molar-refractivity contribution in [1.29, 1.82) is 0 Å². The van der Waals surface area contributed by atoms with Crippen molar-refractivity contribution in [2.24, 2.45) is 0 Å². The van der Waals surface area contributed by atoms with E-state index in [0.29, 0.717) is 18.9 Å². The lowest BCUT2D eigenvalue weighted by Crippen LogP contribution is -2.36. The topological polar surface area (TPSA) is 66.9 Å². The average Bonchev–Trinajstić information content (AvgIpc) is 3.25. The SMILES string of the molecule is COc1cccc(C2=CCN(C(=O)Nc3ccc(N4CCOCC4)cn3)C2)c1. The molecule has 2 aliphatic heterocycles. The van der Waals surface area contributed by atoms with Gasteiger partial charge in [-0.25, -0.2) is 9.78 Å². The molecule has 0 unspecified atom stereocenters. The van der Waals surface area contributed by atoms with E-state index in [1.807, 2.05) is 36.4 Å². The quantitative estimate of drug-likeness (QED) is 0.884. The first-order valence-electron chi connectivity index (χ1n) is 9.41. The van der Waals surface area contributed by atoms with Crippen molar-refractivity contribution in [2.75, 3.05) is 56.7 Å². The zero-order valence-electron chi connectivity index (χ0n) is 15.9. The van der Waals surface area contributed by atoms with Gasteiger partial charge in [0, 0.05) is 26.2 Å². The Labute approximate surface area is 164 Å². The number of anilines is 2. The summed E-state index contributed by atoms with van der Waals surface area (Å²) in [6.07, 6.45) is 3.87. The Morgan fingerprint density at radius 1 is 1.21 bits per heavy atom. The molecule has 0 bridgehead atoms. The highest BCUT2D eigenvalue weighted by atomic mass is 16.5. The minimum Gasteiger partial charge on any atom is -0.497 e. The summed E-state index contributed by atoms with van der Waals surface area (Å²) in [5.41, 5.74) is 3.23. The van der Waals surface area contributed by atoms with Crippen molar-refractivity contribution in [1.82, 2.24) is 9.88 Å². The van der Waals surface area contributed by atoms with Crippen molar-refractivity contribution >= 4 is 23.1 Å². The van der Waals surface area contributed by atoms with Crippen LogP contribution in [0.1, 0.15) is 5.56 Å². The van der Waals surface area contributed by atoms with Gasteiger partial charge >= 0.3 is 6.03 Å². The Bertz CT molecular complexity index is 860. The number of urea groups is 1. The predicted molar refractivity (Wildman–Crippen MR) is 109 cm³/mol. The molecule has 28 heavy (non-hydrogen) atoms. The molecule has 0 aliphatic carbocycles. The molecule has 7 nitrogen and oxygen atoms in total. The Balaban J connectivity index is 1.34. The van der Waals surface area contributed by atoms with Crippen LogP contribution in [-0.4, -0.2) is 62.4 Å². The van der Waals surface area contributed by atoms with Crippen molar-refractivity contribution < 1.29 is 14.3 Å². The smallest absolute Gasteiger partial charge is 0.323 e. The van der Waals surface area contributed by atoms with Gasteiger partial charge in [-0.3, -0.25) is 5.32 Å². The molecule has 0 saturated carbocycles. The number of pyridine rings is 1. The summed E-state index contributed by atoms with van der Waals surface area (Å²) in [7, 11) is 1.65. The Morgan fingerprint density at radius 3 is 2.82 bits per heavy atom. The molecule has 0 atom stereocenters. The summed E-state index contributed by atoms with van der Waals surface area (Å²) in [5.74, 6) is 1.36. The Hall–Kier alpha value is -3.06. The van der Waals surface area contributed by atoms with E-state index in [1.54, 1.807) is 18.2 Å². The van der Waals surface area contributed by atoms with E-state index >= 15 is 0 Å². The molecule has 1 saturated heterocycles. The fourth-order valence-corrected chi connectivity index (χ4v) is 3.40. The van der Waals surface area contributed by atoms with Crippen LogP contribution < -0.4 is 15.0 Å². The lowest BCUT2D eigenvalue weighted by Gasteiger charge is -2.28. The maximum atomic E-state index is 12.6. The van der Waals surface area contributed by atoms with Crippen molar-refractivity contribution in [3.8, 4) is 5.75 Å². The van der Waals surface area contributed by atoms with E-state index in [-0.39, 0.29) is 6.03 Å². The van der Waals surface area contributed by atoms with E-state index in [0.717, 1.165) is 48.9 Å². The van der Waals surface area contributed by atoms with Gasteiger partial charge in [0.25, 0.3) is 0 Å². The number of ether oxygens (including phenoxy) is 2. The van der Waals surface area contributed by atoms with Crippen LogP contribution in [-0.2, 0) is 4.74 Å². The molecule has 0 radical (unpaired) electrons. The van der Waals surface area contributed by atoms with Gasteiger partial charge in [-0.1, -0.05) is 18.2 Å². The summed E-state index contributed by atoms with van der Waals surface area (Å²) in [6, 6.07) is 11.6. The molecule has 1 fully saturated rings. The van der Waals surface area contributed by atoms with Gasteiger partial charge in [0.05, 0.1) is 32.2 Å². The van der Waals surface area contributed by atoms with Gasteiger partial charge in [-0.2, -0.15) is 0 Å². The molecule has 1 aromatic carbocycles. The first kappa shape index (κ1) is 18.3. The molecule has 0 spiro atoms. The second kappa shape index (κ2) is 8.31. The first-order valence-corrected chi connectivity index (χ1v) is 9.41. The predicted octanol–water partition coefficient (Wildman–Crippen LogP) is 2.86. The minimum absolute atomic E-state index is 0.152. The van der Waals surface area contributed by atoms with Gasteiger partial charge in [-0.05, 0) is 35.4 Å². The second-order valence-corrected chi connectivity index (χ2v) is 6.77. The maximum absolute atomic E-state index is 12.6. The van der Waals surface area contributed by atoms with Crippen LogP contribution in [0.3, 0.4) is 0 Å². The van der Waals surface area contributed by atoms with Gasteiger partial charge in [0.1, 0.15) is 11.6 Å². The van der Waals surface area contributed by atoms with Gasteiger partial charge in [-0.15, -0.1) is 0 Å². The molecular weight excluding hydrogens is 356 g/mol. The monoisotopic (exact) mass is 380 g/mol. The van der Waals surface area contributed by atoms with E-state index in [2.05, 4.69) is 21.3 Å². The molecule has 4 rings (SSSR count). The first-order chi connectivity index (χ1) is 13.7. The van der Waals surface area contributed by atoms with Crippen LogP contribution >= 0.6 is 0 Å². The highest BCUT2D eigenvalue weighted by molar-refractivity contribution is 5.91. The van der Waals surface area contributed by atoms with Gasteiger partial charge in [0.15, 0.2) is 0 Å². The fourth-order valence-electron chi connectivity index (χ4n) is 3.40. The lowest BCUT2D eigenvalue weighted by atomic mass is 10.1. The van der Waals surface area contributed by atoms with E-state index in [1.165, 1.54) is 0 Å². The number of benzene rings is 1. The minimum atomic E-state index is -0.152. The summed E-state index contributed by atoms with van der Waals surface area (Å²) in [4.78, 5) is 21.0. The molecular formula is C21H24N4O3. The summed E-state index contributed by atoms with van der Waals surface area (Å²) >= 11 is 0. The molecule has 1 aromatic heterocycles. The number of amides is 2. The average molecular weight is 380 g/mol. The van der Waals surface area contributed by atoms with E-state index in [4.69, 9.17) is 9.47 Å². The molecule has 146 valence electrons. The third-order valence-corrected chi connectivity index (χ3v) is 5.01. The van der Waals surface area contributed by atoms with Gasteiger partial charge < -0.3 is 19.3 Å². The van der Waals surface area contributed by atoms with Crippen LogP contribution in [0.15, 0.2) is 48.7 Å². The number of morpholine rings is 1. The van der Waals surface area contributed by atoms with Crippen molar-refractivity contribution in [3.05, 3.63) is 54.2 Å². The normalized spacial score (nSPS) is 16.7. The van der Waals surface area contributed by atoms with Crippen LogP contribution in [0.2, 0.25) is 0 Å². The van der Waals surface area contributed by atoms with Crippen LogP contribution in [0.4, 0.5) is 16.3 Å². The number of hydrogen-bond acceptors (Lipinski definition) is 5. The zero-order valence-corrected chi connectivity index (χ0v) is 15.9. The van der Waals surface area contributed by atoms with Gasteiger partial charge in [0.2, 0.25) is 0 Å². The number of nitrogens with one attached hydrogen (secondary N) is 1. The number of carbonyl (C=O) groups excluding carboxylic acids is 1. The van der Waals surface area contributed by atoms with Crippen molar-refractivity contribution in [3.63, 3.8) is 0 Å². The van der Waals surface area contributed by atoms with E-state index < -0.39 is 0 Å². The number of carbonyl (C=O) groups is 1. The summed E-state index contributed by atoms with van der Waals surface area (Å²) in [5, 5.41) is 2.88. The summed E-state index contributed by atoms with van der Waals surface area (Å²) < 4.78 is 10.7. The maximum Gasteiger partial charge on any atom is 0.323 e. The third kappa shape index (κ3) is 4.09. The lowest BCUT2D eigenvalue weighted by molar-refractivity contribution is 0.122. The Kier molecular flexibility index (Phi) is 5.43. The number of hydrogen-bond donors (Lipinski definition) is 1. The third-order valence-electron chi connectivity index (χ3n) is 5.01. The van der Waals surface area contributed by atoms with Crippen LogP contribution in [0, 0.1) is 0 Å². The highest BCUT2D eigenvalue weighted by Gasteiger charge is 2.21. The number of nitrogens with zero attached hydrogens (tertiary/aromatic N) is 3. The fraction of sp³-hybridized carbons (Fsp3) is 0.333. The molecule has 2 aromatic rings. The standard InChI is InChI=1S/C21H24N4O3/c1-27-19-4-2-3-16(13-19)17-7-8-25(15-17)21(26)23-20-6-5-18(14-22-20)24-9-11-28-12-10-24/h2-7,13-14H,8-12,15H2,1H3,(H,22,23,26). The van der Waals surface area contributed by atoms with E-state index in [9.17, 15) is 4.79 Å². The van der Waals surface area contributed by atoms with Crippen LogP contribution in [0.25, 0.3) is 5.57 Å². The molecule has 1 N–H and O–H groups in total. The second-order valence-electron chi connectivity index (χ2n) is 6.77. The largest absolute Gasteiger partial charge is 0.497 e. The highest BCUT2D eigenvalue weighted by Crippen LogP contribution is 2.25. The Morgan fingerprint density at radius 2 is 2.07 bits per heavy atom. The number of methoxy groups -OCH3 is 1. The van der Waals surface area contributed by atoms with Crippen molar-refractivity contribution in [2.45, 2.75) is 0 Å². The molecule has 3 heterocycles. The number of aromatic nitrogens is 1.